The molecule has 0 radical (unpaired) electrons. The second-order valence-corrected chi connectivity index (χ2v) is 12.2. The lowest BCUT2D eigenvalue weighted by Gasteiger charge is -2.39. The Hall–Kier alpha value is -2.11. The second kappa shape index (κ2) is 11.6. The molecule has 0 spiro atoms. The molecule has 0 aliphatic heterocycles. The van der Waals surface area contributed by atoms with E-state index in [1.54, 1.807) is 6.07 Å². The van der Waals surface area contributed by atoms with E-state index in [2.05, 4.69) is 13.0 Å². The molecule has 3 aliphatic carbocycles. The standard InChI is InChI=1S/C32H39F5O/c1-20-2-4-23(5-3-20)25-12-15-30(31(35)16-25)24-8-6-21(7-9-24)22-10-13-26(14-11-22)32(36,37)38-29-18-27(33)17-28(34)19-29/h12,15-24,26H,2-11,13-14H2,1H3. The van der Waals surface area contributed by atoms with E-state index in [1.807, 2.05) is 6.07 Å². The average molecular weight is 535 g/mol. The van der Waals surface area contributed by atoms with Gasteiger partial charge in [-0.05, 0) is 111 Å². The summed E-state index contributed by atoms with van der Waals surface area (Å²) >= 11 is 0. The highest BCUT2D eigenvalue weighted by atomic mass is 19.3. The van der Waals surface area contributed by atoms with Crippen molar-refractivity contribution in [3.05, 3.63) is 65.0 Å². The predicted octanol–water partition coefficient (Wildman–Crippen LogP) is 10.1. The molecule has 3 aliphatic rings. The lowest BCUT2D eigenvalue weighted by atomic mass is 9.68. The van der Waals surface area contributed by atoms with Crippen molar-refractivity contribution in [1.29, 1.82) is 0 Å². The third-order valence-electron chi connectivity index (χ3n) is 9.73. The zero-order valence-electron chi connectivity index (χ0n) is 22.2. The summed E-state index contributed by atoms with van der Waals surface area (Å²) in [4.78, 5) is 0. The van der Waals surface area contributed by atoms with Crippen LogP contribution in [0.25, 0.3) is 0 Å². The number of benzene rings is 2. The number of alkyl halides is 2. The normalized spacial score (nSPS) is 30.7. The number of hydrogen-bond donors (Lipinski definition) is 0. The van der Waals surface area contributed by atoms with E-state index in [0.29, 0.717) is 49.5 Å². The first kappa shape index (κ1) is 27.5. The Bertz CT molecular complexity index is 1060. The van der Waals surface area contributed by atoms with Crippen molar-refractivity contribution in [1.82, 2.24) is 0 Å². The Morgan fingerprint density at radius 1 is 0.658 bits per heavy atom. The first-order valence-electron chi connectivity index (χ1n) is 14.5. The van der Waals surface area contributed by atoms with E-state index in [0.717, 1.165) is 67.7 Å². The molecule has 208 valence electrons. The van der Waals surface area contributed by atoms with Crippen molar-refractivity contribution in [2.75, 3.05) is 0 Å². The zero-order valence-corrected chi connectivity index (χ0v) is 22.2. The SMILES string of the molecule is CC1CCC(c2ccc(C3CCC(C4CCC(C(F)(F)Oc5cc(F)cc(F)c5)CC4)CC3)c(F)c2)CC1. The minimum atomic E-state index is -3.47. The van der Waals surface area contributed by atoms with Crippen molar-refractivity contribution in [2.45, 2.75) is 102 Å². The van der Waals surface area contributed by atoms with Crippen molar-refractivity contribution in [2.24, 2.45) is 23.7 Å². The minimum absolute atomic E-state index is 0.0644. The molecule has 5 rings (SSSR count). The molecule has 0 N–H and O–H groups in total. The first-order chi connectivity index (χ1) is 18.2. The van der Waals surface area contributed by atoms with Gasteiger partial charge in [-0.25, -0.2) is 13.2 Å². The van der Waals surface area contributed by atoms with Gasteiger partial charge in [-0.15, -0.1) is 0 Å². The largest absolute Gasteiger partial charge is 0.432 e. The van der Waals surface area contributed by atoms with Gasteiger partial charge in [0.25, 0.3) is 0 Å². The fraction of sp³-hybridized carbons (Fsp3) is 0.625. The summed E-state index contributed by atoms with van der Waals surface area (Å²) in [5.74, 6) is -1.05. The molecule has 0 bridgehead atoms. The van der Waals surface area contributed by atoms with Crippen LogP contribution in [-0.4, -0.2) is 6.11 Å². The van der Waals surface area contributed by atoms with Crippen LogP contribution in [0.4, 0.5) is 22.0 Å². The summed E-state index contributed by atoms with van der Waals surface area (Å²) < 4.78 is 76.2. The molecular weight excluding hydrogens is 495 g/mol. The van der Waals surface area contributed by atoms with Gasteiger partial charge in [-0.3, -0.25) is 0 Å². The van der Waals surface area contributed by atoms with Crippen LogP contribution in [0.2, 0.25) is 0 Å². The Labute approximate surface area is 223 Å². The lowest BCUT2D eigenvalue weighted by Crippen LogP contribution is -2.38. The summed E-state index contributed by atoms with van der Waals surface area (Å²) in [5.41, 5.74) is 1.98. The van der Waals surface area contributed by atoms with Crippen LogP contribution in [0.3, 0.4) is 0 Å². The number of hydrogen-bond acceptors (Lipinski definition) is 1. The molecule has 6 heteroatoms. The van der Waals surface area contributed by atoms with Gasteiger partial charge in [0.1, 0.15) is 23.2 Å². The summed E-state index contributed by atoms with van der Waals surface area (Å²) in [6, 6.07) is 8.15. The van der Waals surface area contributed by atoms with Gasteiger partial charge in [0.15, 0.2) is 0 Å². The van der Waals surface area contributed by atoms with E-state index in [4.69, 9.17) is 4.74 Å². The Morgan fingerprint density at radius 3 is 1.79 bits per heavy atom. The summed E-state index contributed by atoms with van der Waals surface area (Å²) in [7, 11) is 0. The maximum absolute atomic E-state index is 15.1. The fourth-order valence-corrected chi connectivity index (χ4v) is 7.38. The van der Waals surface area contributed by atoms with Crippen LogP contribution in [0, 0.1) is 41.1 Å². The van der Waals surface area contributed by atoms with Crippen molar-refractivity contribution < 1.29 is 26.7 Å². The van der Waals surface area contributed by atoms with E-state index >= 15 is 4.39 Å². The monoisotopic (exact) mass is 534 g/mol. The fourth-order valence-electron chi connectivity index (χ4n) is 7.38. The Morgan fingerprint density at radius 2 is 1.21 bits per heavy atom. The Kier molecular flexibility index (Phi) is 8.35. The van der Waals surface area contributed by atoms with E-state index in [1.165, 1.54) is 12.8 Å². The summed E-state index contributed by atoms with van der Waals surface area (Å²) in [5, 5.41) is 0. The predicted molar refractivity (Wildman–Crippen MR) is 139 cm³/mol. The maximum atomic E-state index is 15.1. The van der Waals surface area contributed by atoms with Gasteiger partial charge in [0.05, 0.1) is 5.92 Å². The molecule has 2 aromatic rings. The molecule has 0 aromatic heterocycles. The third-order valence-corrected chi connectivity index (χ3v) is 9.73. The highest BCUT2D eigenvalue weighted by Gasteiger charge is 2.45. The molecule has 0 atom stereocenters. The van der Waals surface area contributed by atoms with E-state index in [9.17, 15) is 17.6 Å². The first-order valence-corrected chi connectivity index (χ1v) is 14.5. The highest BCUT2D eigenvalue weighted by Crippen LogP contribution is 2.47. The molecule has 3 saturated carbocycles. The smallest absolute Gasteiger partial charge is 0.400 e. The Balaban J connectivity index is 1.11. The van der Waals surface area contributed by atoms with Crippen LogP contribution >= 0.6 is 0 Å². The zero-order chi connectivity index (χ0) is 26.9. The third kappa shape index (κ3) is 6.37. The molecule has 0 heterocycles. The lowest BCUT2D eigenvalue weighted by molar-refractivity contribution is -0.224. The number of rotatable bonds is 6. The van der Waals surface area contributed by atoms with Crippen molar-refractivity contribution in [3.8, 4) is 5.75 Å². The molecule has 1 nitrogen and oxygen atoms in total. The van der Waals surface area contributed by atoms with Gasteiger partial charge in [-0.2, -0.15) is 8.78 Å². The second-order valence-electron chi connectivity index (χ2n) is 12.2. The molecule has 2 aromatic carbocycles. The van der Waals surface area contributed by atoms with Crippen LogP contribution in [0.5, 0.6) is 5.75 Å². The molecule has 0 unspecified atom stereocenters. The molecule has 0 saturated heterocycles. The van der Waals surface area contributed by atoms with Crippen LogP contribution in [-0.2, 0) is 0 Å². The quantitative estimate of drug-likeness (QED) is 0.335. The van der Waals surface area contributed by atoms with Gasteiger partial charge < -0.3 is 4.74 Å². The maximum Gasteiger partial charge on any atom is 0.400 e. The van der Waals surface area contributed by atoms with Crippen LogP contribution in [0.1, 0.15) is 107 Å². The van der Waals surface area contributed by atoms with Gasteiger partial charge in [-0.1, -0.05) is 31.9 Å². The van der Waals surface area contributed by atoms with Crippen molar-refractivity contribution >= 4 is 0 Å². The highest BCUT2D eigenvalue weighted by molar-refractivity contribution is 5.30. The van der Waals surface area contributed by atoms with Gasteiger partial charge in [0, 0.05) is 18.2 Å². The molecule has 0 amide bonds. The number of ether oxygens (including phenoxy) is 1. The topological polar surface area (TPSA) is 9.23 Å². The molecule has 3 fully saturated rings. The van der Waals surface area contributed by atoms with Gasteiger partial charge >= 0.3 is 6.11 Å². The molecular formula is C32H39F5O. The summed E-state index contributed by atoms with van der Waals surface area (Å²) in [6.07, 6.45) is 7.17. The van der Waals surface area contributed by atoms with Crippen LogP contribution in [0.15, 0.2) is 36.4 Å². The van der Waals surface area contributed by atoms with Crippen LogP contribution < -0.4 is 4.74 Å². The van der Waals surface area contributed by atoms with Gasteiger partial charge in [0.2, 0.25) is 0 Å². The van der Waals surface area contributed by atoms with E-state index in [-0.39, 0.29) is 11.7 Å². The molecule has 38 heavy (non-hydrogen) atoms. The summed E-state index contributed by atoms with van der Waals surface area (Å²) in [6.45, 7) is 2.30. The minimum Gasteiger partial charge on any atom is -0.432 e. The number of halogens is 5. The van der Waals surface area contributed by atoms with Crippen molar-refractivity contribution in [3.63, 3.8) is 0 Å². The van der Waals surface area contributed by atoms with E-state index < -0.39 is 29.4 Å². The average Bonchev–Trinajstić information content (AvgIpc) is 2.88.